The van der Waals surface area contributed by atoms with Gasteiger partial charge in [-0.25, -0.2) is 0 Å². The van der Waals surface area contributed by atoms with Crippen LogP contribution >= 0.6 is 0 Å². The topological polar surface area (TPSA) is 9.86 Å². The molecule has 35 heavy (non-hydrogen) atoms. The Morgan fingerprint density at radius 2 is 1.29 bits per heavy atom. The average molecular weight is 512 g/mol. The van der Waals surface area contributed by atoms with Crippen molar-refractivity contribution in [2.24, 2.45) is 0 Å². The van der Waals surface area contributed by atoms with Crippen molar-refractivity contribution in [3.05, 3.63) is 128 Å². The molecule has 7 rings (SSSR count). The van der Waals surface area contributed by atoms with E-state index in [2.05, 4.69) is 153 Å². The quantitative estimate of drug-likeness (QED) is 0.222. The molecule has 0 aliphatic rings. The number of hydrogen-bond donors (Lipinski definition) is 0. The Morgan fingerprint density at radius 3 is 2.11 bits per heavy atom. The van der Waals surface area contributed by atoms with Gasteiger partial charge in [-0.2, -0.15) is 0 Å². The maximum absolute atomic E-state index is 3.38. The first kappa shape index (κ1) is 20.3. The van der Waals surface area contributed by atoms with Crippen LogP contribution in [0.5, 0.6) is 0 Å². The monoisotopic (exact) mass is 513 g/mol. The van der Waals surface area contributed by atoms with E-state index in [0.29, 0.717) is 0 Å². The zero-order chi connectivity index (χ0) is 23.4. The summed E-state index contributed by atoms with van der Waals surface area (Å²) in [7, 11) is 0. The number of aromatic nitrogens is 2. The number of rotatable bonds is 3. The molecule has 0 atom stereocenters. The van der Waals surface area contributed by atoms with Crippen molar-refractivity contribution >= 4 is 53.2 Å². The molecular weight excluding hydrogens is 491 g/mol. The van der Waals surface area contributed by atoms with Crippen LogP contribution in [0.4, 0.5) is 0 Å². The molecule has 165 valence electrons. The predicted molar refractivity (Wildman–Crippen MR) is 148 cm³/mol. The van der Waals surface area contributed by atoms with E-state index in [0.717, 1.165) is 10.1 Å². The summed E-state index contributed by atoms with van der Waals surface area (Å²) in [6, 6.07) is 43.2. The summed E-state index contributed by atoms with van der Waals surface area (Å²) in [4.78, 5) is 0. The fourth-order valence-electron chi connectivity index (χ4n) is 5.28. The fourth-order valence-corrected chi connectivity index (χ4v) is 6.02. The van der Waals surface area contributed by atoms with Gasteiger partial charge in [0.25, 0.3) is 0 Å². The summed E-state index contributed by atoms with van der Waals surface area (Å²) < 4.78 is 5.90. The first-order valence-electron chi connectivity index (χ1n) is 11.8. The molecule has 7 aromatic rings. The molecule has 0 N–H and O–H groups in total. The second kappa shape index (κ2) is 8.02. The van der Waals surface area contributed by atoms with Crippen LogP contribution in [0.3, 0.4) is 0 Å². The van der Waals surface area contributed by atoms with E-state index in [9.17, 15) is 0 Å². The Labute approximate surface area is 211 Å². The molecule has 2 heterocycles. The summed E-state index contributed by atoms with van der Waals surface area (Å²) in [5.41, 5.74) is 8.40. The van der Waals surface area contributed by atoms with E-state index in [1.54, 1.807) is 0 Å². The van der Waals surface area contributed by atoms with E-state index >= 15 is 0 Å². The number of para-hydroxylation sites is 2. The molecular formula is C32H21N2Se. The van der Waals surface area contributed by atoms with Crippen LogP contribution < -0.4 is 4.46 Å². The molecule has 3 heteroatoms. The summed E-state index contributed by atoms with van der Waals surface area (Å²) in [6.45, 7) is 0. The predicted octanol–water partition coefficient (Wildman–Crippen LogP) is 7.19. The minimum atomic E-state index is 1.15. The molecule has 0 saturated carbocycles. The number of nitrogens with zero attached hydrogens (tertiary/aromatic N) is 2. The summed E-state index contributed by atoms with van der Waals surface area (Å²) in [5, 5.41) is 3.75. The third-order valence-electron chi connectivity index (χ3n) is 6.84. The van der Waals surface area contributed by atoms with Gasteiger partial charge < -0.3 is 0 Å². The summed E-state index contributed by atoms with van der Waals surface area (Å²) in [5.74, 6) is 0. The van der Waals surface area contributed by atoms with Crippen molar-refractivity contribution in [2.75, 3.05) is 0 Å². The van der Waals surface area contributed by atoms with Crippen LogP contribution in [0, 0.1) is 0 Å². The first-order chi connectivity index (χ1) is 17.3. The van der Waals surface area contributed by atoms with Crippen LogP contribution in [0.15, 0.2) is 128 Å². The van der Waals surface area contributed by atoms with Gasteiger partial charge in [0.15, 0.2) is 0 Å². The van der Waals surface area contributed by atoms with Gasteiger partial charge in [-0.3, -0.25) is 0 Å². The molecule has 0 unspecified atom stereocenters. The van der Waals surface area contributed by atoms with Crippen molar-refractivity contribution in [3.8, 4) is 22.5 Å². The number of hydrogen-bond acceptors (Lipinski definition) is 0. The van der Waals surface area contributed by atoms with Crippen LogP contribution in [0.1, 0.15) is 0 Å². The fraction of sp³-hybridized carbons (Fsp3) is 0. The molecule has 0 spiro atoms. The van der Waals surface area contributed by atoms with Crippen molar-refractivity contribution in [1.29, 1.82) is 0 Å². The molecule has 2 nitrogen and oxygen atoms in total. The first-order valence-corrected chi connectivity index (χ1v) is 12.6. The van der Waals surface area contributed by atoms with Gasteiger partial charge in [0, 0.05) is 0 Å². The Morgan fingerprint density at radius 1 is 0.543 bits per heavy atom. The van der Waals surface area contributed by atoms with E-state index in [1.165, 1.54) is 49.5 Å². The minimum absolute atomic E-state index is 1.15. The van der Waals surface area contributed by atoms with Gasteiger partial charge in [-0.15, -0.1) is 0 Å². The summed E-state index contributed by atoms with van der Waals surface area (Å²) in [6.07, 6.45) is 2.20. The molecule has 2 aromatic heterocycles. The Kier molecular flexibility index (Phi) is 4.66. The van der Waals surface area contributed by atoms with Crippen molar-refractivity contribution < 1.29 is 0 Å². The van der Waals surface area contributed by atoms with Gasteiger partial charge >= 0.3 is 212 Å². The van der Waals surface area contributed by atoms with Gasteiger partial charge in [-0.05, 0) is 0 Å². The molecule has 0 saturated heterocycles. The second-order valence-corrected chi connectivity index (χ2v) is 9.65. The number of benzene rings is 5. The third-order valence-corrected chi connectivity index (χ3v) is 7.74. The van der Waals surface area contributed by atoms with E-state index in [4.69, 9.17) is 0 Å². The van der Waals surface area contributed by atoms with Gasteiger partial charge in [0.2, 0.25) is 0 Å². The van der Waals surface area contributed by atoms with Crippen LogP contribution in [0.25, 0.3) is 55.2 Å². The van der Waals surface area contributed by atoms with Crippen molar-refractivity contribution in [2.45, 2.75) is 0 Å². The molecule has 0 amide bonds. The molecule has 1 radical (unpaired) electrons. The van der Waals surface area contributed by atoms with Crippen LogP contribution in [-0.4, -0.2) is 25.1 Å². The molecule has 0 bridgehead atoms. The third kappa shape index (κ3) is 3.10. The van der Waals surface area contributed by atoms with Gasteiger partial charge in [0.1, 0.15) is 0 Å². The van der Waals surface area contributed by atoms with E-state index < -0.39 is 0 Å². The zero-order valence-corrected chi connectivity index (χ0v) is 20.6. The SMILES string of the molecule is [Se]c1c(-c2ccccc2)cccc1-n1ccc2ccc3c4ccccc4n(-c4ccccc4)c3c21. The van der Waals surface area contributed by atoms with E-state index in [1.807, 2.05) is 0 Å². The van der Waals surface area contributed by atoms with Gasteiger partial charge in [0.05, 0.1) is 0 Å². The molecule has 5 aromatic carbocycles. The Balaban J connectivity index is 1.60. The average Bonchev–Trinajstić information content (AvgIpc) is 3.49. The zero-order valence-electron chi connectivity index (χ0n) is 18.9. The van der Waals surface area contributed by atoms with Crippen LogP contribution in [0.2, 0.25) is 0 Å². The number of fused-ring (bicyclic) bond motifs is 5. The van der Waals surface area contributed by atoms with Crippen molar-refractivity contribution in [3.63, 3.8) is 0 Å². The maximum atomic E-state index is 3.38. The van der Waals surface area contributed by atoms with E-state index in [-0.39, 0.29) is 0 Å². The normalized spacial score (nSPS) is 11.5. The van der Waals surface area contributed by atoms with Crippen LogP contribution in [-0.2, 0) is 0 Å². The molecule has 0 fully saturated rings. The van der Waals surface area contributed by atoms with Crippen molar-refractivity contribution in [1.82, 2.24) is 9.13 Å². The standard InChI is InChI=1S/C32H21N2Se/c35-32-25(22-10-3-1-4-11-22)15-9-17-29(32)33-21-20-23-18-19-27-26-14-7-8-16-28(26)34(31(27)30(23)33)24-12-5-2-6-13-24/h1-21H. The second-order valence-electron chi connectivity index (χ2n) is 8.79. The van der Waals surface area contributed by atoms with Gasteiger partial charge in [-0.1, -0.05) is 0 Å². The molecule has 0 aliphatic heterocycles. The summed E-state index contributed by atoms with van der Waals surface area (Å²) >= 11 is 3.38. The Bertz CT molecular complexity index is 1840. The molecule has 0 aliphatic carbocycles. The Hall–Kier alpha value is -4.04.